The molecule has 0 radical (unpaired) electrons. The number of aliphatic hydroxyl groups excluding tert-OH is 3. The van der Waals surface area contributed by atoms with Crippen LogP contribution in [0.3, 0.4) is 0 Å². The molecule has 0 unspecified atom stereocenters. The average Bonchev–Trinajstić information content (AvgIpc) is 3.54. The number of furan rings is 1. The fourth-order valence-corrected chi connectivity index (χ4v) is 16.3. The lowest BCUT2D eigenvalue weighted by atomic mass is 9.32. The summed E-state index contributed by atoms with van der Waals surface area (Å²) in [7, 11) is 0. The number of fused-ring (bicyclic) bond motifs is 1. The standard InChI is InChI=1S/C51H66N2O11/c1-47(2)42-41(57)43(58)50(32-11-7-10-29(21-32)20-28-8-5-4-6-9-28)38(49(42)26-61-40(56)23-39(49)63-47)16-18-48(3)44(62-46(59)45-51(48,50)64-45)33-17-19-60-37(33)22-34(36(55)25-54)30-12-14-31(15-13-30)35-24-52-27-53-35/h4-6,8-9,12,14,17,19,29-32,34-36,38-39,42-45,52-55,58H,7,10-11,13,15-16,18,20-27H2,1-3H3/t29-,30+,31+,32+,34+,35+,36-,38-,39+,42-,43-,44+,45-,48+,49+,50+,51-/m1/s1. The van der Waals surface area contributed by atoms with Crippen LogP contribution in [-0.2, 0) is 46.2 Å². The molecule has 0 amide bonds. The van der Waals surface area contributed by atoms with E-state index in [9.17, 15) is 24.9 Å². The van der Waals surface area contributed by atoms with Crippen molar-refractivity contribution in [2.75, 3.05) is 26.4 Å². The quantitative estimate of drug-likeness (QED) is 0.125. The Labute approximate surface area is 375 Å². The van der Waals surface area contributed by atoms with Crippen LogP contribution in [0, 0.1) is 57.7 Å². The summed E-state index contributed by atoms with van der Waals surface area (Å²) in [4.78, 5) is 43.4. The highest BCUT2D eigenvalue weighted by Gasteiger charge is 2.93. The molecule has 11 rings (SSSR count). The van der Waals surface area contributed by atoms with Gasteiger partial charge in [0.2, 0.25) is 0 Å². The molecule has 1 aromatic heterocycles. The molecule has 8 fully saturated rings. The molecule has 9 aliphatic rings. The maximum Gasteiger partial charge on any atom is 0.339 e. The van der Waals surface area contributed by atoms with Crippen LogP contribution >= 0.6 is 0 Å². The summed E-state index contributed by atoms with van der Waals surface area (Å²) in [6.07, 6.45) is 8.54. The first kappa shape index (κ1) is 43.2. The highest BCUT2D eigenvalue weighted by Crippen LogP contribution is 2.82. The number of hydrogen-bond donors (Lipinski definition) is 5. The second kappa shape index (κ2) is 15.6. The number of cyclic esters (lactones) is 2. The highest BCUT2D eigenvalue weighted by atomic mass is 16.7. The number of allylic oxidation sites excluding steroid dienone is 1. The molecular weight excluding hydrogens is 817 g/mol. The van der Waals surface area contributed by atoms with Crippen molar-refractivity contribution in [2.24, 2.45) is 57.7 Å². The van der Waals surface area contributed by atoms with Crippen molar-refractivity contribution in [1.82, 2.24) is 10.6 Å². The number of epoxide rings is 1. The fraction of sp³-hybridized carbons (Fsp3) is 0.706. The number of ether oxygens (including phenoxy) is 4. The Morgan fingerprint density at radius 3 is 2.53 bits per heavy atom. The zero-order valence-electron chi connectivity index (χ0n) is 37.4. The van der Waals surface area contributed by atoms with Gasteiger partial charge in [0, 0.05) is 53.4 Å². The molecule has 1 aromatic carbocycles. The van der Waals surface area contributed by atoms with Crippen molar-refractivity contribution >= 4 is 17.7 Å². The molecule has 17 atom stereocenters. The van der Waals surface area contributed by atoms with E-state index in [4.69, 9.17) is 23.4 Å². The third-order valence-corrected chi connectivity index (χ3v) is 18.8. The lowest BCUT2D eigenvalue weighted by Crippen LogP contribution is -2.79. The van der Waals surface area contributed by atoms with Gasteiger partial charge in [0.15, 0.2) is 11.9 Å². The van der Waals surface area contributed by atoms with E-state index in [0.717, 1.165) is 58.2 Å². The first-order valence-corrected chi connectivity index (χ1v) is 24.2. The first-order chi connectivity index (χ1) is 30.8. The molecule has 64 heavy (non-hydrogen) atoms. The van der Waals surface area contributed by atoms with Gasteiger partial charge in [-0.1, -0.05) is 62.2 Å². The van der Waals surface area contributed by atoms with Gasteiger partial charge < -0.3 is 44.0 Å². The lowest BCUT2D eigenvalue weighted by molar-refractivity contribution is -0.276. The molecule has 4 aliphatic carbocycles. The Hall–Kier alpha value is -3.43. The van der Waals surface area contributed by atoms with Crippen LogP contribution in [0.1, 0.15) is 102 Å². The summed E-state index contributed by atoms with van der Waals surface area (Å²) in [5, 5.41) is 42.1. The third-order valence-electron chi connectivity index (χ3n) is 18.8. The molecule has 13 nitrogen and oxygen atoms in total. The summed E-state index contributed by atoms with van der Waals surface area (Å²) in [6, 6.07) is 12.7. The Morgan fingerprint density at radius 2 is 1.78 bits per heavy atom. The third kappa shape index (κ3) is 6.02. The van der Waals surface area contributed by atoms with Crippen LogP contribution < -0.4 is 10.6 Å². The Balaban J connectivity index is 1.01. The Bertz CT molecular complexity index is 2170. The van der Waals surface area contributed by atoms with E-state index in [1.165, 1.54) is 5.56 Å². The van der Waals surface area contributed by atoms with Gasteiger partial charge in [-0.25, -0.2) is 4.79 Å². The summed E-state index contributed by atoms with van der Waals surface area (Å²) < 4.78 is 32.8. The molecular formula is C51H66N2O11. The van der Waals surface area contributed by atoms with Gasteiger partial charge in [0.05, 0.1) is 43.0 Å². The van der Waals surface area contributed by atoms with Crippen molar-refractivity contribution in [3.8, 4) is 0 Å². The zero-order valence-corrected chi connectivity index (χ0v) is 37.4. The summed E-state index contributed by atoms with van der Waals surface area (Å²) in [5.41, 5.74) is -3.47. The Kier molecular flexibility index (Phi) is 10.5. The number of Topliss-reactive ketones (excluding diaryl/α,β-unsaturated/α-hetero) is 1. The van der Waals surface area contributed by atoms with Crippen LogP contribution in [-0.4, -0.2) is 101 Å². The zero-order chi connectivity index (χ0) is 44.4. The number of hydrogen-bond acceptors (Lipinski definition) is 13. The number of ketones is 1. The normalized spacial score (nSPS) is 45.2. The van der Waals surface area contributed by atoms with E-state index in [1.54, 1.807) is 6.26 Å². The number of carbonyl (C=O) groups excluding carboxylic acids is 3. The molecule has 13 heteroatoms. The lowest BCUT2D eigenvalue weighted by Gasteiger charge is -2.70. The number of benzene rings is 1. The average molecular weight is 883 g/mol. The van der Waals surface area contributed by atoms with Crippen molar-refractivity contribution in [2.45, 2.75) is 139 Å². The molecule has 5 N–H and O–H groups in total. The fourth-order valence-electron chi connectivity index (χ4n) is 16.3. The summed E-state index contributed by atoms with van der Waals surface area (Å²) in [6.45, 7) is 7.23. The van der Waals surface area contributed by atoms with E-state index in [0.29, 0.717) is 42.5 Å². The smallest absolute Gasteiger partial charge is 0.339 e. The number of aliphatic hydroxyl groups is 3. The number of nitrogens with one attached hydrogen (secondary N) is 2. The number of rotatable bonds is 10. The van der Waals surface area contributed by atoms with Crippen LogP contribution in [0.5, 0.6) is 0 Å². The van der Waals surface area contributed by atoms with E-state index in [-0.39, 0.29) is 54.4 Å². The van der Waals surface area contributed by atoms with Gasteiger partial charge in [0.25, 0.3) is 0 Å². The van der Waals surface area contributed by atoms with E-state index in [2.05, 4.69) is 54.0 Å². The molecule has 346 valence electrons. The van der Waals surface area contributed by atoms with E-state index < -0.39 is 76.5 Å². The highest BCUT2D eigenvalue weighted by molar-refractivity contribution is 5.92. The summed E-state index contributed by atoms with van der Waals surface area (Å²) in [5.74, 6) is -1.70. The van der Waals surface area contributed by atoms with Crippen LogP contribution in [0.2, 0.25) is 0 Å². The number of esters is 2. The van der Waals surface area contributed by atoms with Crippen LogP contribution in [0.25, 0.3) is 0 Å². The Morgan fingerprint density at radius 1 is 0.953 bits per heavy atom. The van der Waals surface area contributed by atoms with Crippen LogP contribution in [0.4, 0.5) is 0 Å². The molecule has 0 bridgehead atoms. The number of carbonyl (C=O) groups is 3. The topological polar surface area (TPSA) is 189 Å². The predicted molar refractivity (Wildman–Crippen MR) is 231 cm³/mol. The minimum absolute atomic E-state index is 0.00579. The molecule has 6 heterocycles. The molecule has 3 saturated carbocycles. The monoisotopic (exact) mass is 882 g/mol. The summed E-state index contributed by atoms with van der Waals surface area (Å²) >= 11 is 0. The molecule has 5 saturated heterocycles. The second-order valence-corrected chi connectivity index (χ2v) is 22.0. The van der Waals surface area contributed by atoms with Gasteiger partial charge in [-0.3, -0.25) is 14.9 Å². The SMILES string of the molecule is CC1(C)O[C@H]2CC(=O)OC[C@@]23[C@@H]1C(=O)[C@@H](O)[C@]1([C@H]2CCC[C@H](Cc4ccccc4)C2)[C@@H]3CC[C@@]2(C)[C@H](c3ccoc3C[C@H]([C@H](O)CO)[C@H]3C=C[C@H]([C@@H]4CNCN4)CC3)OC(=O)[C@H]3O[C@@]312. The van der Waals surface area contributed by atoms with E-state index >= 15 is 4.79 Å². The maximum atomic E-state index is 15.6. The van der Waals surface area contributed by atoms with Crippen LogP contribution in [0.15, 0.2) is 59.2 Å². The molecule has 2 aromatic rings. The minimum atomic E-state index is -1.48. The minimum Gasteiger partial charge on any atom is -0.469 e. The van der Waals surface area contributed by atoms with Gasteiger partial charge in [-0.15, -0.1) is 0 Å². The predicted octanol–water partition coefficient (Wildman–Crippen LogP) is 4.75. The van der Waals surface area contributed by atoms with Gasteiger partial charge in [-0.05, 0) is 100 Å². The second-order valence-electron chi connectivity index (χ2n) is 22.0. The van der Waals surface area contributed by atoms with Crippen molar-refractivity contribution < 1.29 is 53.1 Å². The molecule has 5 aliphatic heterocycles. The van der Waals surface area contributed by atoms with Gasteiger partial charge >= 0.3 is 11.9 Å². The van der Waals surface area contributed by atoms with E-state index in [1.807, 2.05) is 26.0 Å². The molecule has 2 spiro atoms. The first-order valence-electron chi connectivity index (χ1n) is 24.2. The van der Waals surface area contributed by atoms with Crippen molar-refractivity contribution in [3.63, 3.8) is 0 Å². The van der Waals surface area contributed by atoms with Crippen molar-refractivity contribution in [3.05, 3.63) is 71.7 Å². The van der Waals surface area contributed by atoms with Crippen molar-refractivity contribution in [1.29, 1.82) is 0 Å². The maximum absolute atomic E-state index is 15.6. The van der Waals surface area contributed by atoms with Gasteiger partial charge in [-0.2, -0.15) is 0 Å². The largest absolute Gasteiger partial charge is 0.469 e. The van der Waals surface area contributed by atoms with Gasteiger partial charge in [0.1, 0.15) is 30.2 Å².